The van der Waals surface area contributed by atoms with E-state index < -0.39 is 0 Å². The summed E-state index contributed by atoms with van der Waals surface area (Å²) in [5.41, 5.74) is 2.94. The minimum absolute atomic E-state index is 0.177. The fourth-order valence-electron chi connectivity index (χ4n) is 2.62. The van der Waals surface area contributed by atoms with Crippen LogP contribution in [-0.2, 0) is 4.79 Å². The number of rotatable bonds is 3. The number of para-hydroxylation sites is 1. The third-order valence-corrected chi connectivity index (χ3v) is 5.49. The number of hydrogen-bond donors (Lipinski definition) is 1. The lowest BCUT2D eigenvalue weighted by atomic mass is 10.1. The maximum absolute atomic E-state index is 12.2. The molecule has 0 spiro atoms. The van der Waals surface area contributed by atoms with Gasteiger partial charge >= 0.3 is 0 Å². The Labute approximate surface area is 169 Å². The molecule has 0 atom stereocenters. The number of amidine groups is 1. The Morgan fingerprint density at radius 3 is 2.70 bits per heavy atom. The Morgan fingerprint density at radius 1 is 1.11 bits per heavy atom. The Kier molecular flexibility index (Phi) is 5.01. The standard InChI is InChI=1S/C21H15BrN2O2S/c1-13-7-9-16(17(22)11-13)18-10-8-15(26-18)12-19-20(25)24-21(27-19)23-14-5-3-2-4-6-14/h2-12H,1H3,(H,23,24,25)/b19-12+. The van der Waals surface area contributed by atoms with Gasteiger partial charge in [-0.2, -0.15) is 0 Å². The summed E-state index contributed by atoms with van der Waals surface area (Å²) in [4.78, 5) is 17.2. The number of aryl methyl sites for hydroxylation is 1. The summed E-state index contributed by atoms with van der Waals surface area (Å²) >= 11 is 4.87. The summed E-state index contributed by atoms with van der Waals surface area (Å²) in [7, 11) is 0. The lowest BCUT2D eigenvalue weighted by molar-refractivity contribution is -0.115. The lowest BCUT2D eigenvalue weighted by Gasteiger charge is -2.02. The van der Waals surface area contributed by atoms with Gasteiger partial charge in [-0.3, -0.25) is 4.79 Å². The predicted molar refractivity (Wildman–Crippen MR) is 114 cm³/mol. The molecule has 0 radical (unpaired) electrons. The summed E-state index contributed by atoms with van der Waals surface area (Å²) in [5.74, 6) is 1.19. The molecule has 1 aliphatic heterocycles. The highest BCUT2D eigenvalue weighted by Gasteiger charge is 2.24. The molecule has 1 aliphatic rings. The number of furan rings is 1. The average molecular weight is 439 g/mol. The first-order chi connectivity index (χ1) is 13.1. The fraction of sp³-hybridized carbons (Fsp3) is 0.0476. The second-order valence-corrected chi connectivity index (χ2v) is 7.89. The van der Waals surface area contributed by atoms with E-state index in [1.165, 1.54) is 17.3 Å². The molecule has 27 heavy (non-hydrogen) atoms. The molecular formula is C21H15BrN2O2S. The SMILES string of the molecule is Cc1ccc(-c2ccc(/C=C3/SC(=Nc4ccccc4)NC3=O)o2)c(Br)c1. The van der Waals surface area contributed by atoms with Gasteiger partial charge in [-0.05, 0) is 60.6 Å². The van der Waals surface area contributed by atoms with Crippen molar-refractivity contribution in [2.45, 2.75) is 6.92 Å². The van der Waals surface area contributed by atoms with Crippen LogP contribution >= 0.6 is 27.7 Å². The molecule has 1 N–H and O–H groups in total. The van der Waals surface area contributed by atoms with Gasteiger partial charge in [-0.25, -0.2) is 4.99 Å². The predicted octanol–water partition coefficient (Wildman–Crippen LogP) is 5.91. The van der Waals surface area contributed by atoms with Crippen molar-refractivity contribution in [1.29, 1.82) is 0 Å². The van der Waals surface area contributed by atoms with Crippen molar-refractivity contribution in [3.05, 3.63) is 81.4 Å². The zero-order chi connectivity index (χ0) is 18.8. The highest BCUT2D eigenvalue weighted by Crippen LogP contribution is 2.33. The first-order valence-electron chi connectivity index (χ1n) is 8.29. The number of carbonyl (C=O) groups excluding carboxylic acids is 1. The van der Waals surface area contributed by atoms with Gasteiger partial charge in [0.2, 0.25) is 0 Å². The van der Waals surface area contributed by atoms with Crippen LogP contribution in [0.2, 0.25) is 0 Å². The highest BCUT2D eigenvalue weighted by molar-refractivity contribution is 9.10. The largest absolute Gasteiger partial charge is 0.457 e. The van der Waals surface area contributed by atoms with Gasteiger partial charge in [0.1, 0.15) is 11.5 Å². The molecule has 0 bridgehead atoms. The van der Waals surface area contributed by atoms with E-state index in [1.807, 2.05) is 67.6 Å². The van der Waals surface area contributed by atoms with Crippen LogP contribution in [0.25, 0.3) is 17.4 Å². The fourth-order valence-corrected chi connectivity index (χ4v) is 4.14. The quantitative estimate of drug-likeness (QED) is 0.517. The van der Waals surface area contributed by atoms with Gasteiger partial charge in [0.05, 0.1) is 10.6 Å². The van der Waals surface area contributed by atoms with Crippen molar-refractivity contribution in [3.8, 4) is 11.3 Å². The molecule has 1 aromatic heterocycles. The van der Waals surface area contributed by atoms with E-state index in [1.54, 1.807) is 6.08 Å². The van der Waals surface area contributed by atoms with E-state index in [0.717, 1.165) is 21.5 Å². The number of hydrogen-bond acceptors (Lipinski definition) is 4. The smallest absolute Gasteiger partial charge is 0.264 e. The molecule has 3 aromatic rings. The number of nitrogens with zero attached hydrogens (tertiary/aromatic N) is 1. The van der Waals surface area contributed by atoms with Crippen LogP contribution < -0.4 is 5.32 Å². The van der Waals surface area contributed by atoms with E-state index in [-0.39, 0.29) is 5.91 Å². The van der Waals surface area contributed by atoms with Gasteiger partial charge in [0.15, 0.2) is 5.17 Å². The number of benzene rings is 2. The zero-order valence-corrected chi connectivity index (χ0v) is 16.8. The van der Waals surface area contributed by atoms with Crippen LogP contribution in [0, 0.1) is 6.92 Å². The third-order valence-electron chi connectivity index (χ3n) is 3.93. The van der Waals surface area contributed by atoms with Crippen LogP contribution in [0.15, 0.2) is 79.5 Å². The van der Waals surface area contributed by atoms with Gasteiger partial charge in [-0.15, -0.1) is 0 Å². The molecule has 6 heteroatoms. The first kappa shape index (κ1) is 17.8. The molecule has 1 saturated heterocycles. The molecule has 0 saturated carbocycles. The number of thioether (sulfide) groups is 1. The van der Waals surface area contributed by atoms with E-state index in [9.17, 15) is 4.79 Å². The molecule has 1 fully saturated rings. The first-order valence-corrected chi connectivity index (χ1v) is 9.90. The zero-order valence-electron chi connectivity index (χ0n) is 14.4. The monoisotopic (exact) mass is 438 g/mol. The van der Waals surface area contributed by atoms with Crippen LogP contribution in [0.5, 0.6) is 0 Å². The molecule has 1 amide bonds. The van der Waals surface area contributed by atoms with Crippen LogP contribution in [-0.4, -0.2) is 11.1 Å². The van der Waals surface area contributed by atoms with E-state index in [4.69, 9.17) is 4.42 Å². The summed E-state index contributed by atoms with van der Waals surface area (Å²) in [5, 5.41) is 3.34. The topological polar surface area (TPSA) is 54.6 Å². The lowest BCUT2D eigenvalue weighted by Crippen LogP contribution is -2.19. The molecule has 0 unspecified atom stereocenters. The van der Waals surface area contributed by atoms with Crippen molar-refractivity contribution < 1.29 is 9.21 Å². The summed E-state index contributed by atoms with van der Waals surface area (Å²) in [6.45, 7) is 2.04. The molecular weight excluding hydrogens is 424 g/mol. The number of carbonyl (C=O) groups is 1. The minimum atomic E-state index is -0.177. The Bertz CT molecular complexity index is 1070. The van der Waals surface area contributed by atoms with Gasteiger partial charge in [0, 0.05) is 16.1 Å². The van der Waals surface area contributed by atoms with Crippen LogP contribution in [0.1, 0.15) is 11.3 Å². The second kappa shape index (κ2) is 7.58. The second-order valence-electron chi connectivity index (χ2n) is 6.00. The normalized spacial score (nSPS) is 16.9. The molecule has 2 heterocycles. The average Bonchev–Trinajstić information content (AvgIpc) is 3.23. The molecule has 2 aromatic carbocycles. The molecule has 134 valence electrons. The molecule has 4 rings (SSSR count). The number of amides is 1. The Balaban J connectivity index is 1.57. The maximum Gasteiger partial charge on any atom is 0.264 e. The highest BCUT2D eigenvalue weighted by atomic mass is 79.9. The van der Waals surface area contributed by atoms with Crippen molar-refractivity contribution >= 4 is 50.5 Å². The van der Waals surface area contributed by atoms with Crippen LogP contribution in [0.3, 0.4) is 0 Å². The number of nitrogens with one attached hydrogen (secondary N) is 1. The minimum Gasteiger partial charge on any atom is -0.457 e. The number of aliphatic imine (C=N–C) groups is 1. The Hall–Kier alpha value is -2.57. The molecule has 4 nitrogen and oxygen atoms in total. The van der Waals surface area contributed by atoms with E-state index in [0.29, 0.717) is 15.8 Å². The van der Waals surface area contributed by atoms with Crippen molar-refractivity contribution in [1.82, 2.24) is 5.32 Å². The van der Waals surface area contributed by atoms with E-state index in [2.05, 4.69) is 26.2 Å². The van der Waals surface area contributed by atoms with Crippen LogP contribution in [0.4, 0.5) is 5.69 Å². The van der Waals surface area contributed by atoms with Gasteiger partial charge in [-0.1, -0.05) is 40.2 Å². The van der Waals surface area contributed by atoms with Crippen molar-refractivity contribution in [3.63, 3.8) is 0 Å². The summed E-state index contributed by atoms with van der Waals surface area (Å²) < 4.78 is 6.89. The van der Waals surface area contributed by atoms with Crippen molar-refractivity contribution in [2.75, 3.05) is 0 Å². The van der Waals surface area contributed by atoms with Gasteiger partial charge in [0.25, 0.3) is 5.91 Å². The summed E-state index contributed by atoms with van der Waals surface area (Å²) in [6.07, 6.45) is 1.74. The Morgan fingerprint density at radius 2 is 1.93 bits per heavy atom. The van der Waals surface area contributed by atoms with E-state index >= 15 is 0 Å². The van der Waals surface area contributed by atoms with Crippen molar-refractivity contribution in [2.24, 2.45) is 4.99 Å². The maximum atomic E-state index is 12.2. The van der Waals surface area contributed by atoms with Gasteiger partial charge < -0.3 is 9.73 Å². The molecule has 0 aliphatic carbocycles. The number of halogens is 1. The third kappa shape index (κ3) is 4.07. The summed E-state index contributed by atoms with van der Waals surface area (Å²) in [6, 6.07) is 19.4.